The van der Waals surface area contributed by atoms with Gasteiger partial charge < -0.3 is 10.2 Å². The molecule has 0 saturated heterocycles. The van der Waals surface area contributed by atoms with Gasteiger partial charge in [0.05, 0.1) is 12.2 Å². The van der Waals surface area contributed by atoms with Crippen molar-refractivity contribution < 1.29 is 10.2 Å². The van der Waals surface area contributed by atoms with Crippen LogP contribution in [0.15, 0.2) is 0 Å². The Morgan fingerprint density at radius 3 is 2.25 bits per heavy atom. The van der Waals surface area contributed by atoms with Crippen LogP contribution in [0.2, 0.25) is 0 Å². The number of hydrogen-bond acceptors (Lipinski definition) is 2. The van der Waals surface area contributed by atoms with Crippen LogP contribution in [0.4, 0.5) is 0 Å². The molecule has 0 bridgehead atoms. The molecular formula is C26H46O2. The zero-order valence-electron chi connectivity index (χ0n) is 19.2. The predicted molar refractivity (Wildman–Crippen MR) is 116 cm³/mol. The fraction of sp³-hybridized carbons (Fsp3) is 1.00. The lowest BCUT2D eigenvalue weighted by Crippen LogP contribution is -2.62. The molecule has 2 nitrogen and oxygen atoms in total. The van der Waals surface area contributed by atoms with E-state index in [2.05, 4.69) is 34.6 Å². The standard InChI is InChI=1S/C26H46O2/c1-6-8-16(3)19-9-10-20-23-21(12-14-25(19,20)4)26(5)13-11-17(27)15-22(26)18(7-2)24(23)28/h16-24,27-28H,6-15H2,1-5H3/t16-,17-,18-,19?,20?,21?,22?,23?,24?,25-,26-/m1/s1. The Morgan fingerprint density at radius 2 is 1.57 bits per heavy atom. The van der Waals surface area contributed by atoms with Gasteiger partial charge in [0, 0.05) is 0 Å². The summed E-state index contributed by atoms with van der Waals surface area (Å²) in [6.07, 6.45) is 11.9. The Hall–Kier alpha value is -0.0800. The molecule has 0 heterocycles. The zero-order valence-corrected chi connectivity index (χ0v) is 19.2. The Bertz CT molecular complexity index is 561. The van der Waals surface area contributed by atoms with E-state index in [1.54, 1.807) is 0 Å². The van der Waals surface area contributed by atoms with Crippen LogP contribution in [0.3, 0.4) is 0 Å². The minimum Gasteiger partial charge on any atom is -0.393 e. The molecule has 4 fully saturated rings. The van der Waals surface area contributed by atoms with Crippen molar-refractivity contribution in [3.63, 3.8) is 0 Å². The summed E-state index contributed by atoms with van der Waals surface area (Å²) in [6, 6.07) is 0. The van der Waals surface area contributed by atoms with Crippen molar-refractivity contribution in [2.75, 3.05) is 0 Å². The number of aliphatic hydroxyl groups excluding tert-OH is 2. The average molecular weight is 391 g/mol. The van der Waals surface area contributed by atoms with Crippen LogP contribution in [0, 0.1) is 52.3 Å². The van der Waals surface area contributed by atoms with Crippen LogP contribution in [0.1, 0.15) is 98.8 Å². The highest BCUT2D eigenvalue weighted by atomic mass is 16.3. The Labute approximate surface area is 173 Å². The van der Waals surface area contributed by atoms with E-state index in [1.807, 2.05) is 0 Å². The summed E-state index contributed by atoms with van der Waals surface area (Å²) in [4.78, 5) is 0. The molecular weight excluding hydrogens is 344 g/mol. The molecule has 0 aromatic carbocycles. The van der Waals surface area contributed by atoms with E-state index >= 15 is 0 Å². The largest absolute Gasteiger partial charge is 0.393 e. The minimum atomic E-state index is -0.150. The summed E-state index contributed by atoms with van der Waals surface area (Å²) in [5, 5.41) is 22.1. The predicted octanol–water partition coefficient (Wildman–Crippen LogP) is 6.05. The van der Waals surface area contributed by atoms with Crippen LogP contribution in [0.25, 0.3) is 0 Å². The monoisotopic (exact) mass is 390 g/mol. The van der Waals surface area contributed by atoms with Crippen molar-refractivity contribution in [3.8, 4) is 0 Å². The van der Waals surface area contributed by atoms with E-state index in [-0.39, 0.29) is 12.2 Å². The maximum absolute atomic E-state index is 11.7. The highest BCUT2D eigenvalue weighted by molar-refractivity contribution is 5.13. The number of aliphatic hydroxyl groups is 2. The Kier molecular flexibility index (Phi) is 5.71. The highest BCUT2D eigenvalue weighted by Crippen LogP contribution is 2.69. The van der Waals surface area contributed by atoms with Gasteiger partial charge >= 0.3 is 0 Å². The van der Waals surface area contributed by atoms with Gasteiger partial charge in [0.15, 0.2) is 0 Å². The molecule has 4 aliphatic rings. The molecule has 0 aliphatic heterocycles. The van der Waals surface area contributed by atoms with E-state index in [9.17, 15) is 10.2 Å². The first-order valence-electron chi connectivity index (χ1n) is 12.6. The fourth-order valence-electron chi connectivity index (χ4n) is 9.59. The molecule has 4 saturated carbocycles. The second kappa shape index (κ2) is 7.56. The van der Waals surface area contributed by atoms with Crippen molar-refractivity contribution in [1.29, 1.82) is 0 Å². The quantitative estimate of drug-likeness (QED) is 0.613. The molecule has 28 heavy (non-hydrogen) atoms. The van der Waals surface area contributed by atoms with Gasteiger partial charge in [0.25, 0.3) is 0 Å². The molecule has 2 heteroatoms. The first-order valence-corrected chi connectivity index (χ1v) is 12.6. The van der Waals surface area contributed by atoms with Gasteiger partial charge in [-0.15, -0.1) is 0 Å². The van der Waals surface area contributed by atoms with E-state index in [1.165, 1.54) is 44.9 Å². The SMILES string of the molecule is CCC[C@@H](C)C1CCC2C3C(O)[C@H](CC)C4C[C@H](O)CC[C@]4(C)C3CC[C@@]21C. The zero-order chi connectivity index (χ0) is 20.3. The number of rotatable bonds is 4. The van der Waals surface area contributed by atoms with Crippen LogP contribution < -0.4 is 0 Å². The average Bonchev–Trinajstić information content (AvgIpc) is 3.01. The molecule has 0 spiro atoms. The normalized spacial score (nSPS) is 54.5. The molecule has 4 aliphatic carbocycles. The summed E-state index contributed by atoms with van der Waals surface area (Å²) in [5.74, 6) is 4.45. The van der Waals surface area contributed by atoms with Gasteiger partial charge in [-0.3, -0.25) is 0 Å². The summed E-state index contributed by atoms with van der Waals surface area (Å²) in [7, 11) is 0. The van der Waals surface area contributed by atoms with Crippen LogP contribution >= 0.6 is 0 Å². The second-order valence-electron chi connectivity index (χ2n) is 11.9. The van der Waals surface area contributed by atoms with Crippen molar-refractivity contribution in [2.24, 2.45) is 52.3 Å². The summed E-state index contributed by atoms with van der Waals surface area (Å²) < 4.78 is 0. The van der Waals surface area contributed by atoms with E-state index in [0.29, 0.717) is 40.4 Å². The summed E-state index contributed by atoms with van der Waals surface area (Å²) in [5.41, 5.74) is 0.769. The second-order valence-corrected chi connectivity index (χ2v) is 11.9. The lowest BCUT2D eigenvalue weighted by Gasteiger charge is -2.64. The van der Waals surface area contributed by atoms with Gasteiger partial charge in [-0.05, 0) is 97.2 Å². The first-order chi connectivity index (χ1) is 13.3. The smallest absolute Gasteiger partial charge is 0.0605 e. The molecule has 6 unspecified atom stereocenters. The third-order valence-corrected chi connectivity index (χ3v) is 10.9. The van der Waals surface area contributed by atoms with Crippen LogP contribution in [-0.4, -0.2) is 22.4 Å². The molecule has 11 atom stereocenters. The molecule has 4 rings (SSSR count). The van der Waals surface area contributed by atoms with Gasteiger partial charge in [-0.25, -0.2) is 0 Å². The van der Waals surface area contributed by atoms with E-state index in [4.69, 9.17) is 0 Å². The van der Waals surface area contributed by atoms with E-state index in [0.717, 1.165) is 31.1 Å². The third-order valence-electron chi connectivity index (χ3n) is 10.9. The lowest BCUT2D eigenvalue weighted by atomic mass is 9.41. The highest BCUT2D eigenvalue weighted by Gasteiger charge is 2.64. The molecule has 162 valence electrons. The molecule has 2 N–H and O–H groups in total. The van der Waals surface area contributed by atoms with Crippen LogP contribution in [-0.2, 0) is 0 Å². The summed E-state index contributed by atoms with van der Waals surface area (Å²) >= 11 is 0. The Morgan fingerprint density at radius 1 is 0.893 bits per heavy atom. The topological polar surface area (TPSA) is 40.5 Å². The third kappa shape index (κ3) is 2.95. The van der Waals surface area contributed by atoms with Crippen molar-refractivity contribution >= 4 is 0 Å². The molecule has 0 amide bonds. The van der Waals surface area contributed by atoms with Crippen molar-refractivity contribution in [1.82, 2.24) is 0 Å². The molecule has 0 radical (unpaired) electrons. The first kappa shape index (κ1) is 21.2. The van der Waals surface area contributed by atoms with Gasteiger partial charge in [-0.2, -0.15) is 0 Å². The fourth-order valence-corrected chi connectivity index (χ4v) is 9.59. The lowest BCUT2D eigenvalue weighted by molar-refractivity contribution is -0.203. The molecule has 0 aromatic heterocycles. The van der Waals surface area contributed by atoms with Crippen molar-refractivity contribution in [3.05, 3.63) is 0 Å². The van der Waals surface area contributed by atoms with Crippen LogP contribution in [0.5, 0.6) is 0 Å². The van der Waals surface area contributed by atoms with Gasteiger partial charge in [0.1, 0.15) is 0 Å². The number of hydrogen-bond donors (Lipinski definition) is 2. The van der Waals surface area contributed by atoms with Gasteiger partial charge in [-0.1, -0.05) is 53.9 Å². The maximum atomic E-state index is 11.7. The van der Waals surface area contributed by atoms with Crippen molar-refractivity contribution in [2.45, 2.75) is 111 Å². The summed E-state index contributed by atoms with van der Waals surface area (Å²) in [6.45, 7) is 12.3. The molecule has 0 aromatic rings. The minimum absolute atomic E-state index is 0.143. The van der Waals surface area contributed by atoms with Gasteiger partial charge in [0.2, 0.25) is 0 Å². The maximum Gasteiger partial charge on any atom is 0.0605 e. The number of fused-ring (bicyclic) bond motifs is 5. The Balaban J connectivity index is 1.67. The van der Waals surface area contributed by atoms with E-state index < -0.39 is 0 Å².